The molecule has 1 aromatic heterocycles. The fraction of sp³-hybridized carbons (Fsp3) is 0.409. The highest BCUT2D eigenvalue weighted by molar-refractivity contribution is 5.76. The Kier molecular flexibility index (Phi) is 4.92. The summed E-state index contributed by atoms with van der Waals surface area (Å²) in [5.41, 5.74) is 2.69. The highest BCUT2D eigenvalue weighted by Crippen LogP contribution is 2.38. The molecule has 5 nitrogen and oxygen atoms in total. The number of aryl methyl sites for hydroxylation is 1. The summed E-state index contributed by atoms with van der Waals surface area (Å²) in [5.74, 6) is 0.241. The second-order valence-electron chi connectivity index (χ2n) is 7.60. The third-order valence-electron chi connectivity index (χ3n) is 5.80. The van der Waals surface area contributed by atoms with Gasteiger partial charge in [-0.3, -0.25) is 4.79 Å². The van der Waals surface area contributed by atoms with E-state index in [1.54, 1.807) is 6.33 Å². The maximum absolute atomic E-state index is 12.2. The lowest BCUT2D eigenvalue weighted by Crippen LogP contribution is -2.48. The van der Waals surface area contributed by atoms with Crippen LogP contribution in [-0.2, 0) is 17.6 Å². The van der Waals surface area contributed by atoms with Gasteiger partial charge in [-0.1, -0.05) is 42.5 Å². The minimum absolute atomic E-state index is 0.505. The first kappa shape index (κ1) is 17.7. The number of aliphatic carboxylic acids is 1. The second kappa shape index (κ2) is 7.51. The van der Waals surface area contributed by atoms with Gasteiger partial charge in [0.2, 0.25) is 0 Å². The maximum Gasteiger partial charge on any atom is 0.311 e. The van der Waals surface area contributed by atoms with E-state index in [0.717, 1.165) is 49.3 Å². The number of nitrogens with zero attached hydrogens (tertiary/aromatic N) is 3. The van der Waals surface area contributed by atoms with Crippen LogP contribution >= 0.6 is 0 Å². The topological polar surface area (TPSA) is 66.3 Å². The number of benzene rings is 1. The number of rotatable bonds is 5. The van der Waals surface area contributed by atoms with Crippen molar-refractivity contribution >= 4 is 17.9 Å². The van der Waals surface area contributed by atoms with Gasteiger partial charge >= 0.3 is 5.97 Å². The predicted molar refractivity (Wildman–Crippen MR) is 106 cm³/mol. The molecule has 0 bridgehead atoms. The molecule has 140 valence electrons. The lowest BCUT2D eigenvalue weighted by atomic mass is 9.76. The van der Waals surface area contributed by atoms with Gasteiger partial charge < -0.3 is 10.0 Å². The molecule has 1 unspecified atom stereocenters. The van der Waals surface area contributed by atoms with Gasteiger partial charge in [0, 0.05) is 24.3 Å². The van der Waals surface area contributed by atoms with Crippen molar-refractivity contribution in [2.24, 2.45) is 5.41 Å². The zero-order valence-electron chi connectivity index (χ0n) is 15.5. The molecule has 5 heteroatoms. The van der Waals surface area contributed by atoms with E-state index in [2.05, 4.69) is 14.9 Å². The van der Waals surface area contributed by atoms with Crippen molar-refractivity contribution in [1.29, 1.82) is 0 Å². The number of carboxylic acids is 1. The highest BCUT2D eigenvalue weighted by Gasteiger charge is 2.42. The van der Waals surface area contributed by atoms with Gasteiger partial charge in [-0.25, -0.2) is 9.97 Å². The first-order valence-corrected chi connectivity index (χ1v) is 9.71. The summed E-state index contributed by atoms with van der Waals surface area (Å²) in [6, 6.07) is 10.0. The Morgan fingerprint density at radius 2 is 2.04 bits per heavy atom. The molecule has 4 rings (SSSR count). The number of hydrogen-bond acceptors (Lipinski definition) is 4. The van der Waals surface area contributed by atoms with Crippen LogP contribution in [0.25, 0.3) is 6.08 Å². The van der Waals surface area contributed by atoms with E-state index in [-0.39, 0.29) is 0 Å². The van der Waals surface area contributed by atoms with Crippen LogP contribution in [0, 0.1) is 5.41 Å². The van der Waals surface area contributed by atoms with Gasteiger partial charge in [-0.15, -0.1) is 0 Å². The number of fused-ring (bicyclic) bond motifs is 1. The van der Waals surface area contributed by atoms with E-state index in [4.69, 9.17) is 0 Å². The molecule has 2 heterocycles. The number of aromatic nitrogens is 2. The molecule has 1 N–H and O–H groups in total. The Balaban J connectivity index is 1.55. The molecular formula is C22H25N3O2. The molecule has 0 spiro atoms. The first-order chi connectivity index (χ1) is 13.2. The zero-order chi connectivity index (χ0) is 18.7. The third-order valence-corrected chi connectivity index (χ3v) is 5.80. The summed E-state index contributed by atoms with van der Waals surface area (Å²) < 4.78 is 0. The van der Waals surface area contributed by atoms with Gasteiger partial charge in [-0.2, -0.15) is 0 Å². The monoisotopic (exact) mass is 363 g/mol. The van der Waals surface area contributed by atoms with Gasteiger partial charge in [0.15, 0.2) is 0 Å². The van der Waals surface area contributed by atoms with Crippen LogP contribution in [-0.4, -0.2) is 34.1 Å². The van der Waals surface area contributed by atoms with Crippen molar-refractivity contribution in [3.8, 4) is 0 Å². The zero-order valence-corrected chi connectivity index (χ0v) is 15.5. The Labute approximate surface area is 159 Å². The number of hydrogen-bond donors (Lipinski definition) is 1. The minimum atomic E-state index is -0.764. The fourth-order valence-electron chi connectivity index (χ4n) is 4.34. The van der Waals surface area contributed by atoms with E-state index in [1.165, 1.54) is 5.56 Å². The van der Waals surface area contributed by atoms with Crippen molar-refractivity contribution in [2.45, 2.75) is 38.5 Å². The Hall–Kier alpha value is -2.69. The third kappa shape index (κ3) is 3.59. The van der Waals surface area contributed by atoms with E-state index in [0.29, 0.717) is 19.4 Å². The molecule has 1 aliphatic carbocycles. The Bertz CT molecular complexity index is 850. The van der Waals surface area contributed by atoms with Crippen molar-refractivity contribution < 1.29 is 9.90 Å². The van der Waals surface area contributed by atoms with E-state index < -0.39 is 11.4 Å². The van der Waals surface area contributed by atoms with Gasteiger partial charge in [0.05, 0.1) is 5.41 Å². The SMILES string of the molecule is O=C(O)C1(C/C=C/c2ccccc2)CCCN(c2ncnc3c2CCC3)C1. The first-order valence-electron chi connectivity index (χ1n) is 9.71. The lowest BCUT2D eigenvalue weighted by Gasteiger charge is -2.40. The maximum atomic E-state index is 12.2. The highest BCUT2D eigenvalue weighted by atomic mass is 16.4. The number of carbonyl (C=O) groups is 1. The summed E-state index contributed by atoms with van der Waals surface area (Å²) in [6.45, 7) is 1.37. The molecule has 1 aromatic carbocycles. The largest absolute Gasteiger partial charge is 0.481 e. The summed E-state index contributed by atoms with van der Waals surface area (Å²) >= 11 is 0. The van der Waals surface area contributed by atoms with Crippen molar-refractivity contribution in [3.63, 3.8) is 0 Å². The van der Waals surface area contributed by atoms with Gasteiger partial charge in [0.25, 0.3) is 0 Å². The summed E-state index contributed by atoms with van der Waals surface area (Å²) in [5, 5.41) is 10.1. The summed E-state index contributed by atoms with van der Waals surface area (Å²) in [6.07, 6.45) is 10.9. The van der Waals surface area contributed by atoms with Gasteiger partial charge in [0.1, 0.15) is 12.1 Å². The van der Waals surface area contributed by atoms with E-state index in [9.17, 15) is 9.90 Å². The van der Waals surface area contributed by atoms with Crippen LogP contribution in [0.2, 0.25) is 0 Å². The van der Waals surface area contributed by atoms with Crippen LogP contribution in [0.5, 0.6) is 0 Å². The smallest absolute Gasteiger partial charge is 0.311 e. The summed E-state index contributed by atoms with van der Waals surface area (Å²) in [7, 11) is 0. The minimum Gasteiger partial charge on any atom is -0.481 e. The molecule has 1 fully saturated rings. The average Bonchev–Trinajstić information content (AvgIpc) is 3.18. The number of carboxylic acid groups (broad SMARTS) is 1. The fourth-order valence-corrected chi connectivity index (χ4v) is 4.34. The van der Waals surface area contributed by atoms with Crippen LogP contribution < -0.4 is 4.90 Å². The molecule has 1 atom stereocenters. The molecule has 0 saturated carbocycles. The predicted octanol–water partition coefficient (Wildman–Crippen LogP) is 3.74. The second-order valence-corrected chi connectivity index (χ2v) is 7.60. The van der Waals surface area contributed by atoms with Crippen LogP contribution in [0.15, 0.2) is 42.7 Å². The number of anilines is 1. The van der Waals surface area contributed by atoms with Gasteiger partial charge in [-0.05, 0) is 44.1 Å². The molecule has 2 aromatic rings. The number of piperidine rings is 1. The molecule has 0 amide bonds. The van der Waals surface area contributed by atoms with Crippen molar-refractivity contribution in [1.82, 2.24) is 9.97 Å². The molecular weight excluding hydrogens is 338 g/mol. The quantitative estimate of drug-likeness (QED) is 0.876. The van der Waals surface area contributed by atoms with Crippen molar-refractivity contribution in [2.75, 3.05) is 18.0 Å². The molecule has 27 heavy (non-hydrogen) atoms. The standard InChI is InChI=1S/C22H25N3O2/c26-21(27)22(12-5-9-17-7-2-1-3-8-17)13-6-14-25(15-22)20-18-10-4-11-19(18)23-16-24-20/h1-3,5,7-9,16H,4,6,10-15H2,(H,26,27)/b9-5+. The van der Waals surface area contributed by atoms with E-state index in [1.807, 2.05) is 42.5 Å². The summed E-state index contributed by atoms with van der Waals surface area (Å²) in [4.78, 5) is 23.4. The average molecular weight is 363 g/mol. The normalized spacial score (nSPS) is 22.1. The Morgan fingerprint density at radius 3 is 2.85 bits per heavy atom. The Morgan fingerprint density at radius 1 is 1.19 bits per heavy atom. The molecule has 1 saturated heterocycles. The van der Waals surface area contributed by atoms with E-state index >= 15 is 0 Å². The lowest BCUT2D eigenvalue weighted by molar-refractivity contribution is -0.149. The van der Waals surface area contributed by atoms with Crippen molar-refractivity contribution in [3.05, 3.63) is 59.6 Å². The molecule has 2 aliphatic rings. The van der Waals surface area contributed by atoms with Crippen LogP contribution in [0.3, 0.4) is 0 Å². The van der Waals surface area contributed by atoms with Crippen LogP contribution in [0.4, 0.5) is 5.82 Å². The molecule has 1 aliphatic heterocycles. The number of allylic oxidation sites excluding steroid dienone is 1. The molecule has 0 radical (unpaired) electrons. The van der Waals surface area contributed by atoms with Crippen LogP contribution in [0.1, 0.15) is 42.5 Å².